The van der Waals surface area contributed by atoms with Crippen LogP contribution in [0.25, 0.3) is 0 Å². The molecule has 0 aliphatic carbocycles. The van der Waals surface area contributed by atoms with E-state index >= 15 is 0 Å². The van der Waals surface area contributed by atoms with Gasteiger partial charge in [-0.25, -0.2) is 0 Å². The Morgan fingerprint density at radius 2 is 1.94 bits per heavy atom. The van der Waals surface area contributed by atoms with Gasteiger partial charge < -0.3 is 0 Å². The Hall–Kier alpha value is -1.11. The molecule has 17 heavy (non-hydrogen) atoms. The molecule has 0 radical (unpaired) electrons. The summed E-state index contributed by atoms with van der Waals surface area (Å²) in [4.78, 5) is 11.7. The first-order chi connectivity index (χ1) is 8.22. The zero-order valence-electron chi connectivity index (χ0n) is 11.1. The third-order valence-electron chi connectivity index (χ3n) is 3.12. The first kappa shape index (κ1) is 14.0. The Morgan fingerprint density at radius 3 is 2.59 bits per heavy atom. The van der Waals surface area contributed by atoms with Gasteiger partial charge in [-0.3, -0.25) is 4.79 Å². The molecule has 94 valence electrons. The van der Waals surface area contributed by atoms with Gasteiger partial charge in [-0.2, -0.15) is 0 Å². The standard InChI is InChI=1S/C16H24O/c1-3-8-14(2)13-16(17)12-7-11-15-9-5-4-6-10-15/h4-6,9-10,14H,3,7-8,11-13H2,1-2H3. The highest BCUT2D eigenvalue weighted by atomic mass is 16.1. The van der Waals surface area contributed by atoms with Gasteiger partial charge in [0.15, 0.2) is 0 Å². The van der Waals surface area contributed by atoms with Crippen LogP contribution in [0.4, 0.5) is 0 Å². The summed E-state index contributed by atoms with van der Waals surface area (Å²) in [5.41, 5.74) is 1.34. The van der Waals surface area contributed by atoms with Gasteiger partial charge in [-0.05, 0) is 24.3 Å². The molecule has 1 rings (SSSR count). The second-order valence-corrected chi connectivity index (χ2v) is 4.98. The van der Waals surface area contributed by atoms with E-state index in [1.54, 1.807) is 0 Å². The maximum absolute atomic E-state index is 11.7. The topological polar surface area (TPSA) is 17.1 Å². The van der Waals surface area contributed by atoms with Crippen LogP contribution in [-0.4, -0.2) is 5.78 Å². The number of hydrogen-bond donors (Lipinski definition) is 0. The van der Waals surface area contributed by atoms with Crippen LogP contribution in [0.2, 0.25) is 0 Å². The lowest BCUT2D eigenvalue weighted by Gasteiger charge is -2.08. The molecule has 0 amide bonds. The first-order valence-corrected chi connectivity index (χ1v) is 6.78. The van der Waals surface area contributed by atoms with Crippen molar-refractivity contribution >= 4 is 5.78 Å². The van der Waals surface area contributed by atoms with E-state index in [0.717, 1.165) is 25.7 Å². The molecule has 0 heterocycles. The zero-order valence-corrected chi connectivity index (χ0v) is 11.1. The summed E-state index contributed by atoms with van der Waals surface area (Å²) in [5, 5.41) is 0. The van der Waals surface area contributed by atoms with Gasteiger partial charge in [0.25, 0.3) is 0 Å². The highest BCUT2D eigenvalue weighted by Crippen LogP contribution is 2.13. The number of Topliss-reactive ketones (excluding diaryl/α,β-unsaturated/α-hetero) is 1. The van der Waals surface area contributed by atoms with Crippen molar-refractivity contribution in [2.75, 3.05) is 0 Å². The fraction of sp³-hybridized carbons (Fsp3) is 0.562. The minimum absolute atomic E-state index is 0.432. The lowest BCUT2D eigenvalue weighted by atomic mass is 9.96. The van der Waals surface area contributed by atoms with Crippen molar-refractivity contribution in [2.24, 2.45) is 5.92 Å². The van der Waals surface area contributed by atoms with E-state index in [0.29, 0.717) is 11.7 Å². The Labute approximate surface area is 105 Å². The molecule has 1 unspecified atom stereocenters. The van der Waals surface area contributed by atoms with Gasteiger partial charge in [0.2, 0.25) is 0 Å². The van der Waals surface area contributed by atoms with Crippen molar-refractivity contribution in [2.45, 2.75) is 52.4 Å². The number of aryl methyl sites for hydroxylation is 1. The van der Waals surface area contributed by atoms with E-state index in [1.165, 1.54) is 18.4 Å². The van der Waals surface area contributed by atoms with Crippen molar-refractivity contribution in [1.29, 1.82) is 0 Å². The van der Waals surface area contributed by atoms with Gasteiger partial charge in [0, 0.05) is 12.8 Å². The molecule has 0 bridgehead atoms. The van der Waals surface area contributed by atoms with Crippen molar-refractivity contribution in [3.63, 3.8) is 0 Å². The Bertz CT molecular complexity index is 316. The third-order valence-corrected chi connectivity index (χ3v) is 3.12. The van der Waals surface area contributed by atoms with Crippen LogP contribution in [-0.2, 0) is 11.2 Å². The maximum Gasteiger partial charge on any atom is 0.133 e. The van der Waals surface area contributed by atoms with Gasteiger partial charge in [-0.1, -0.05) is 57.0 Å². The molecule has 1 nitrogen and oxygen atoms in total. The van der Waals surface area contributed by atoms with Crippen molar-refractivity contribution in [1.82, 2.24) is 0 Å². The quantitative estimate of drug-likeness (QED) is 0.649. The van der Waals surface area contributed by atoms with Crippen LogP contribution in [0.15, 0.2) is 30.3 Å². The molecule has 0 N–H and O–H groups in total. The summed E-state index contributed by atoms with van der Waals surface area (Å²) < 4.78 is 0. The molecule has 1 atom stereocenters. The van der Waals surface area contributed by atoms with Crippen LogP contribution in [0.1, 0.15) is 51.5 Å². The molecular formula is C16H24O. The molecule has 0 aliphatic heterocycles. The fourth-order valence-electron chi connectivity index (χ4n) is 2.22. The lowest BCUT2D eigenvalue weighted by molar-refractivity contribution is -0.120. The van der Waals surface area contributed by atoms with E-state index < -0.39 is 0 Å². The third kappa shape index (κ3) is 6.25. The molecule has 1 heteroatoms. The molecule has 0 aromatic heterocycles. The van der Waals surface area contributed by atoms with Gasteiger partial charge in [-0.15, -0.1) is 0 Å². The predicted octanol–water partition coefficient (Wildman–Crippen LogP) is 4.40. The van der Waals surface area contributed by atoms with E-state index in [1.807, 2.05) is 6.07 Å². The summed E-state index contributed by atoms with van der Waals surface area (Å²) in [6.07, 6.45) is 5.87. The molecule has 0 aliphatic rings. The Morgan fingerprint density at radius 1 is 1.24 bits per heavy atom. The Kier molecular flexibility index (Phi) is 6.61. The zero-order chi connectivity index (χ0) is 12.5. The van der Waals surface area contributed by atoms with Crippen LogP contribution in [0.3, 0.4) is 0 Å². The summed E-state index contributed by atoms with van der Waals surface area (Å²) in [5.74, 6) is 0.992. The number of rotatable bonds is 8. The average molecular weight is 232 g/mol. The monoisotopic (exact) mass is 232 g/mol. The van der Waals surface area contributed by atoms with Gasteiger partial charge in [0.1, 0.15) is 5.78 Å². The van der Waals surface area contributed by atoms with Gasteiger partial charge >= 0.3 is 0 Å². The fourth-order valence-corrected chi connectivity index (χ4v) is 2.22. The van der Waals surface area contributed by atoms with E-state index in [-0.39, 0.29) is 0 Å². The number of carbonyl (C=O) groups is 1. The SMILES string of the molecule is CCCC(C)CC(=O)CCCc1ccccc1. The Balaban J connectivity index is 2.16. The number of carbonyl (C=O) groups excluding carboxylic acids is 1. The average Bonchev–Trinajstić information content (AvgIpc) is 2.30. The number of ketones is 1. The van der Waals surface area contributed by atoms with E-state index in [4.69, 9.17) is 0 Å². The largest absolute Gasteiger partial charge is 0.300 e. The van der Waals surface area contributed by atoms with Crippen LogP contribution < -0.4 is 0 Å². The summed E-state index contributed by atoms with van der Waals surface area (Å²) in [6, 6.07) is 10.4. The molecule has 1 aromatic rings. The highest BCUT2D eigenvalue weighted by molar-refractivity contribution is 5.78. The van der Waals surface area contributed by atoms with Crippen molar-refractivity contribution in [3.8, 4) is 0 Å². The molecule has 0 spiro atoms. The molecule has 0 saturated carbocycles. The second-order valence-electron chi connectivity index (χ2n) is 4.98. The second kappa shape index (κ2) is 8.05. The minimum Gasteiger partial charge on any atom is -0.300 e. The lowest BCUT2D eigenvalue weighted by Crippen LogP contribution is -2.05. The molecule has 0 fully saturated rings. The maximum atomic E-state index is 11.7. The predicted molar refractivity (Wildman–Crippen MR) is 73.1 cm³/mol. The summed E-state index contributed by atoms with van der Waals surface area (Å²) >= 11 is 0. The molecule has 0 saturated heterocycles. The normalized spacial score (nSPS) is 12.4. The minimum atomic E-state index is 0.432. The first-order valence-electron chi connectivity index (χ1n) is 6.78. The number of hydrogen-bond acceptors (Lipinski definition) is 1. The van der Waals surface area contributed by atoms with Crippen LogP contribution >= 0.6 is 0 Å². The summed E-state index contributed by atoms with van der Waals surface area (Å²) in [6.45, 7) is 4.36. The highest BCUT2D eigenvalue weighted by Gasteiger charge is 2.08. The van der Waals surface area contributed by atoms with Crippen LogP contribution in [0.5, 0.6) is 0 Å². The summed E-state index contributed by atoms with van der Waals surface area (Å²) in [7, 11) is 0. The van der Waals surface area contributed by atoms with E-state index in [2.05, 4.69) is 38.1 Å². The molecule has 1 aromatic carbocycles. The van der Waals surface area contributed by atoms with Crippen molar-refractivity contribution in [3.05, 3.63) is 35.9 Å². The van der Waals surface area contributed by atoms with E-state index in [9.17, 15) is 4.79 Å². The van der Waals surface area contributed by atoms with Crippen LogP contribution in [0, 0.1) is 5.92 Å². The van der Waals surface area contributed by atoms with Gasteiger partial charge in [0.05, 0.1) is 0 Å². The van der Waals surface area contributed by atoms with Crippen molar-refractivity contribution < 1.29 is 4.79 Å². The molecular weight excluding hydrogens is 208 g/mol. The number of benzene rings is 1. The smallest absolute Gasteiger partial charge is 0.133 e.